The highest BCUT2D eigenvalue weighted by atomic mass is 15.1. The second kappa shape index (κ2) is 6.20. The molecule has 0 aliphatic rings. The number of H-pyrrole nitrogens is 1. The van der Waals surface area contributed by atoms with Gasteiger partial charge in [0.2, 0.25) is 0 Å². The number of fused-ring (bicyclic) bond motifs is 1. The fourth-order valence-corrected chi connectivity index (χ4v) is 2.51. The zero-order chi connectivity index (χ0) is 13.8. The van der Waals surface area contributed by atoms with Crippen molar-refractivity contribution in [1.82, 2.24) is 14.9 Å². The van der Waals surface area contributed by atoms with Gasteiger partial charge in [-0.3, -0.25) is 4.90 Å². The number of nitrogens with one attached hydrogen (secondary N) is 1. The molecule has 0 aliphatic carbocycles. The van der Waals surface area contributed by atoms with Gasteiger partial charge in [0, 0.05) is 0 Å². The Morgan fingerprint density at radius 1 is 1.05 bits per heavy atom. The molecule has 0 saturated heterocycles. The highest BCUT2D eigenvalue weighted by molar-refractivity contribution is 5.77. The molecule has 0 spiro atoms. The fourth-order valence-electron chi connectivity index (χ4n) is 2.51. The largest absolute Gasteiger partial charge is 0.341 e. The lowest BCUT2D eigenvalue weighted by Gasteiger charge is -2.19. The van der Waals surface area contributed by atoms with Crippen LogP contribution in [0.1, 0.15) is 43.6 Å². The Morgan fingerprint density at radius 3 is 2.32 bits per heavy atom. The summed E-state index contributed by atoms with van der Waals surface area (Å²) in [6, 6.07) is 4.37. The normalized spacial score (nSPS) is 11.6. The molecule has 0 atom stereocenters. The van der Waals surface area contributed by atoms with Gasteiger partial charge in [0.25, 0.3) is 0 Å². The van der Waals surface area contributed by atoms with Gasteiger partial charge in [0.05, 0.1) is 17.6 Å². The molecule has 1 aromatic heterocycles. The van der Waals surface area contributed by atoms with E-state index in [1.165, 1.54) is 24.0 Å². The number of aromatic nitrogens is 2. The molecular formula is C16H25N3. The first-order valence-electron chi connectivity index (χ1n) is 7.32. The van der Waals surface area contributed by atoms with E-state index in [0.29, 0.717) is 0 Å². The van der Waals surface area contributed by atoms with E-state index in [0.717, 1.165) is 36.5 Å². The van der Waals surface area contributed by atoms with Crippen LogP contribution < -0.4 is 0 Å². The first kappa shape index (κ1) is 14.1. The minimum Gasteiger partial charge on any atom is -0.341 e. The summed E-state index contributed by atoms with van der Waals surface area (Å²) in [6.07, 6.45) is 2.39. The third-order valence-corrected chi connectivity index (χ3v) is 3.60. The standard InChI is InChI=1S/C16H25N3/c1-5-7-19(8-6-2)11-16-17-14-9-12(3)13(4)10-15(14)18-16/h9-10H,5-8,11H2,1-4H3,(H,17,18). The molecule has 2 rings (SSSR count). The van der Waals surface area contributed by atoms with Crippen LogP contribution in [0, 0.1) is 13.8 Å². The molecule has 0 saturated carbocycles. The fraction of sp³-hybridized carbons (Fsp3) is 0.562. The minimum absolute atomic E-state index is 0.925. The molecule has 1 N–H and O–H groups in total. The van der Waals surface area contributed by atoms with Gasteiger partial charge in [-0.05, 0) is 63.0 Å². The van der Waals surface area contributed by atoms with Crippen LogP contribution in [0.2, 0.25) is 0 Å². The number of rotatable bonds is 6. The summed E-state index contributed by atoms with van der Waals surface area (Å²) in [5.41, 5.74) is 4.88. The molecule has 0 radical (unpaired) electrons. The van der Waals surface area contributed by atoms with Gasteiger partial charge in [-0.2, -0.15) is 0 Å². The second-order valence-corrected chi connectivity index (χ2v) is 5.41. The van der Waals surface area contributed by atoms with Crippen LogP contribution in [0.4, 0.5) is 0 Å². The Balaban J connectivity index is 2.20. The van der Waals surface area contributed by atoms with E-state index < -0.39 is 0 Å². The van der Waals surface area contributed by atoms with Gasteiger partial charge in [0.1, 0.15) is 5.82 Å². The van der Waals surface area contributed by atoms with Gasteiger partial charge < -0.3 is 4.98 Å². The third-order valence-electron chi connectivity index (χ3n) is 3.60. The maximum Gasteiger partial charge on any atom is 0.121 e. The quantitative estimate of drug-likeness (QED) is 0.855. The third kappa shape index (κ3) is 3.35. The number of hydrogen-bond acceptors (Lipinski definition) is 2. The van der Waals surface area contributed by atoms with Gasteiger partial charge in [0.15, 0.2) is 0 Å². The van der Waals surface area contributed by atoms with Crippen molar-refractivity contribution in [1.29, 1.82) is 0 Å². The summed E-state index contributed by atoms with van der Waals surface area (Å²) in [6.45, 7) is 12.0. The zero-order valence-electron chi connectivity index (χ0n) is 12.6. The van der Waals surface area contributed by atoms with Crippen molar-refractivity contribution in [2.45, 2.75) is 47.1 Å². The molecule has 0 unspecified atom stereocenters. The van der Waals surface area contributed by atoms with Crippen LogP contribution in [-0.2, 0) is 6.54 Å². The van der Waals surface area contributed by atoms with Crippen LogP contribution in [0.5, 0.6) is 0 Å². The van der Waals surface area contributed by atoms with Gasteiger partial charge in [-0.1, -0.05) is 13.8 Å². The van der Waals surface area contributed by atoms with Crippen molar-refractivity contribution in [2.75, 3.05) is 13.1 Å². The molecule has 3 heteroatoms. The smallest absolute Gasteiger partial charge is 0.121 e. The molecule has 2 aromatic rings. The summed E-state index contributed by atoms with van der Waals surface area (Å²) in [4.78, 5) is 10.6. The van der Waals surface area contributed by atoms with E-state index in [1.807, 2.05) is 0 Å². The number of aromatic amines is 1. The Hall–Kier alpha value is -1.35. The Labute approximate surface area is 116 Å². The van der Waals surface area contributed by atoms with Gasteiger partial charge in [-0.15, -0.1) is 0 Å². The molecule has 1 aromatic carbocycles. The summed E-state index contributed by atoms with van der Waals surface area (Å²) in [5, 5.41) is 0. The van der Waals surface area contributed by atoms with Gasteiger partial charge >= 0.3 is 0 Å². The Kier molecular flexibility index (Phi) is 4.59. The summed E-state index contributed by atoms with van der Waals surface area (Å²) in [7, 11) is 0. The van der Waals surface area contributed by atoms with E-state index in [-0.39, 0.29) is 0 Å². The highest BCUT2D eigenvalue weighted by Gasteiger charge is 2.09. The zero-order valence-corrected chi connectivity index (χ0v) is 12.6. The topological polar surface area (TPSA) is 31.9 Å². The molecule has 1 heterocycles. The van der Waals surface area contributed by atoms with Gasteiger partial charge in [-0.25, -0.2) is 4.98 Å². The summed E-state index contributed by atoms with van der Waals surface area (Å²) < 4.78 is 0. The molecular weight excluding hydrogens is 234 g/mol. The van der Waals surface area contributed by atoms with E-state index in [2.05, 4.69) is 49.7 Å². The predicted octanol–water partition coefficient (Wildman–Crippen LogP) is 3.80. The lowest BCUT2D eigenvalue weighted by molar-refractivity contribution is 0.261. The first-order chi connectivity index (χ1) is 9.13. The van der Waals surface area contributed by atoms with Crippen LogP contribution in [0.25, 0.3) is 11.0 Å². The monoisotopic (exact) mass is 259 g/mol. The average molecular weight is 259 g/mol. The summed E-state index contributed by atoms with van der Waals surface area (Å²) >= 11 is 0. The van der Waals surface area contributed by atoms with E-state index in [4.69, 9.17) is 4.98 Å². The average Bonchev–Trinajstić information content (AvgIpc) is 2.72. The minimum atomic E-state index is 0.925. The molecule has 0 fully saturated rings. The number of aryl methyl sites for hydroxylation is 2. The summed E-state index contributed by atoms with van der Waals surface area (Å²) in [5.74, 6) is 1.09. The van der Waals surface area contributed by atoms with Crippen LogP contribution >= 0.6 is 0 Å². The maximum absolute atomic E-state index is 4.72. The van der Waals surface area contributed by atoms with Crippen molar-refractivity contribution in [3.63, 3.8) is 0 Å². The highest BCUT2D eigenvalue weighted by Crippen LogP contribution is 2.18. The van der Waals surface area contributed by atoms with E-state index in [9.17, 15) is 0 Å². The number of imidazole rings is 1. The second-order valence-electron chi connectivity index (χ2n) is 5.41. The van der Waals surface area contributed by atoms with E-state index >= 15 is 0 Å². The molecule has 0 bridgehead atoms. The van der Waals surface area contributed by atoms with Crippen molar-refractivity contribution < 1.29 is 0 Å². The Morgan fingerprint density at radius 2 is 1.68 bits per heavy atom. The van der Waals surface area contributed by atoms with Crippen LogP contribution in [0.15, 0.2) is 12.1 Å². The predicted molar refractivity (Wildman–Crippen MR) is 81.4 cm³/mol. The van der Waals surface area contributed by atoms with Crippen molar-refractivity contribution >= 4 is 11.0 Å². The van der Waals surface area contributed by atoms with Crippen LogP contribution in [0.3, 0.4) is 0 Å². The van der Waals surface area contributed by atoms with Crippen LogP contribution in [-0.4, -0.2) is 28.0 Å². The SMILES string of the molecule is CCCN(CCC)Cc1nc2cc(C)c(C)cc2[nH]1. The molecule has 19 heavy (non-hydrogen) atoms. The molecule has 3 nitrogen and oxygen atoms in total. The van der Waals surface area contributed by atoms with Crippen molar-refractivity contribution in [3.05, 3.63) is 29.1 Å². The van der Waals surface area contributed by atoms with Crippen molar-refractivity contribution in [3.8, 4) is 0 Å². The Bertz CT molecular complexity index is 497. The lowest BCUT2D eigenvalue weighted by Crippen LogP contribution is -2.25. The lowest BCUT2D eigenvalue weighted by atomic mass is 10.1. The number of nitrogens with zero attached hydrogens (tertiary/aromatic N) is 2. The van der Waals surface area contributed by atoms with E-state index in [1.54, 1.807) is 0 Å². The maximum atomic E-state index is 4.72. The molecule has 0 amide bonds. The van der Waals surface area contributed by atoms with Crippen molar-refractivity contribution in [2.24, 2.45) is 0 Å². The molecule has 104 valence electrons. The first-order valence-corrected chi connectivity index (χ1v) is 7.32. The molecule has 0 aliphatic heterocycles. The number of hydrogen-bond donors (Lipinski definition) is 1. The number of benzene rings is 1.